The fourth-order valence-corrected chi connectivity index (χ4v) is 1.56. The van der Waals surface area contributed by atoms with Gasteiger partial charge in [-0.15, -0.1) is 0 Å². The normalized spacial score (nSPS) is 9.57. The lowest BCUT2D eigenvalue weighted by atomic mass is 10.1. The predicted molar refractivity (Wildman–Crippen MR) is 55.4 cm³/mol. The lowest BCUT2D eigenvalue weighted by Gasteiger charge is -2.00. The van der Waals surface area contributed by atoms with E-state index in [1.54, 1.807) is 0 Å². The minimum Gasteiger partial charge on any atom is -0.478 e. The Morgan fingerprint density at radius 3 is 2.29 bits per heavy atom. The maximum Gasteiger partial charge on any atom is 0.349 e. The molecule has 0 spiro atoms. The number of rotatable bonds is 2. The van der Waals surface area contributed by atoms with E-state index < -0.39 is 11.9 Å². The summed E-state index contributed by atoms with van der Waals surface area (Å²) < 4.78 is 4.79. The molecule has 1 aromatic carbocycles. The van der Waals surface area contributed by atoms with Crippen molar-refractivity contribution in [2.45, 2.75) is 0 Å². The Labute approximate surface area is 96.5 Å². The second kappa shape index (κ2) is 4.56. The predicted octanol–water partition coefficient (Wildman–Crippen LogP) is 2.61. The molecule has 0 saturated heterocycles. The van der Waals surface area contributed by atoms with Crippen molar-refractivity contribution in [1.82, 2.24) is 0 Å². The summed E-state index contributed by atoms with van der Waals surface area (Å²) in [4.78, 5) is 21.7. The van der Waals surface area contributed by atoms with Gasteiger partial charge in [0.05, 0.1) is 11.1 Å². The molecule has 6 heteroatoms. The van der Waals surface area contributed by atoms with Crippen LogP contribution in [0.4, 0.5) is 0 Å². The van der Waals surface area contributed by atoms with Crippen LogP contribution in [-0.2, 0) is 3.83 Å². The van der Waals surface area contributed by atoms with Gasteiger partial charge in [0.25, 0.3) is 0 Å². The molecular formula is C8H4Br2O4. The summed E-state index contributed by atoms with van der Waals surface area (Å²) in [7, 11) is 0. The van der Waals surface area contributed by atoms with Gasteiger partial charge in [-0.25, -0.2) is 9.59 Å². The molecule has 1 rings (SSSR count). The van der Waals surface area contributed by atoms with Crippen molar-refractivity contribution < 1.29 is 18.5 Å². The van der Waals surface area contributed by atoms with Crippen LogP contribution in [0.1, 0.15) is 20.7 Å². The molecule has 1 N–H and O–H groups in total. The second-order valence-corrected chi connectivity index (χ2v) is 3.64. The molecule has 0 aliphatic heterocycles. The molecule has 0 unspecified atom stereocenters. The van der Waals surface area contributed by atoms with Crippen LogP contribution in [0.15, 0.2) is 22.7 Å². The van der Waals surface area contributed by atoms with E-state index in [2.05, 4.69) is 36.0 Å². The topological polar surface area (TPSA) is 63.6 Å². The Morgan fingerprint density at radius 1 is 1.21 bits per heavy atom. The molecule has 0 bridgehead atoms. The van der Waals surface area contributed by atoms with E-state index in [-0.39, 0.29) is 11.1 Å². The van der Waals surface area contributed by atoms with Crippen LogP contribution in [0.5, 0.6) is 0 Å². The zero-order valence-corrected chi connectivity index (χ0v) is 9.83. The first-order valence-corrected chi connectivity index (χ1v) is 4.85. The summed E-state index contributed by atoms with van der Waals surface area (Å²) >= 11 is 5.62. The van der Waals surface area contributed by atoms with Crippen molar-refractivity contribution >= 4 is 44.1 Å². The lowest BCUT2D eigenvalue weighted by Crippen LogP contribution is -2.02. The highest BCUT2D eigenvalue weighted by Gasteiger charge is 2.11. The Bertz CT molecular complexity index is 389. The summed E-state index contributed by atoms with van der Waals surface area (Å²) in [6.07, 6.45) is 0. The molecule has 74 valence electrons. The molecule has 0 aromatic heterocycles. The van der Waals surface area contributed by atoms with E-state index in [1.165, 1.54) is 18.2 Å². The minimum atomic E-state index is -1.10. The van der Waals surface area contributed by atoms with Gasteiger partial charge < -0.3 is 8.93 Å². The van der Waals surface area contributed by atoms with Crippen molar-refractivity contribution in [3.05, 3.63) is 33.8 Å². The molecule has 0 atom stereocenters. The first kappa shape index (κ1) is 11.2. The third-order valence-corrected chi connectivity index (χ3v) is 2.20. The molecule has 0 fully saturated rings. The summed E-state index contributed by atoms with van der Waals surface area (Å²) in [6.45, 7) is 0. The van der Waals surface area contributed by atoms with Gasteiger partial charge in [0.2, 0.25) is 0 Å². The molecule has 0 amide bonds. The summed E-state index contributed by atoms with van der Waals surface area (Å²) in [6, 6.07) is 4.10. The van der Waals surface area contributed by atoms with E-state index in [1.807, 2.05) is 0 Å². The highest BCUT2D eigenvalue weighted by molar-refractivity contribution is 9.10. The van der Waals surface area contributed by atoms with E-state index in [0.29, 0.717) is 4.47 Å². The number of hydrogen-bond donors (Lipinski definition) is 1. The third kappa shape index (κ3) is 2.55. The van der Waals surface area contributed by atoms with Crippen LogP contribution in [0, 0.1) is 0 Å². The summed E-state index contributed by atoms with van der Waals surface area (Å²) in [5.41, 5.74) is 0.181. The van der Waals surface area contributed by atoms with Crippen LogP contribution in [0.2, 0.25) is 0 Å². The van der Waals surface area contributed by atoms with Crippen LogP contribution in [0.3, 0.4) is 0 Å². The van der Waals surface area contributed by atoms with E-state index in [0.717, 1.165) is 0 Å². The quantitative estimate of drug-likeness (QED) is 0.908. The number of hydrogen-bond acceptors (Lipinski definition) is 3. The fourth-order valence-electron chi connectivity index (χ4n) is 0.876. The number of carbonyl (C=O) groups excluding carboxylic acids is 1. The van der Waals surface area contributed by atoms with Gasteiger partial charge in [0, 0.05) is 4.47 Å². The zero-order chi connectivity index (χ0) is 10.7. The maximum atomic E-state index is 11.1. The Balaban J connectivity index is 3.20. The van der Waals surface area contributed by atoms with Gasteiger partial charge in [-0.05, 0) is 18.2 Å². The van der Waals surface area contributed by atoms with Crippen LogP contribution in [-0.4, -0.2) is 17.0 Å². The molecule has 1 aromatic rings. The number of aromatic carboxylic acids is 1. The zero-order valence-electron chi connectivity index (χ0n) is 6.66. The van der Waals surface area contributed by atoms with E-state index in [4.69, 9.17) is 5.11 Å². The number of benzene rings is 1. The molecule has 0 aliphatic rings. The largest absolute Gasteiger partial charge is 0.478 e. The molecule has 0 radical (unpaired) electrons. The van der Waals surface area contributed by atoms with Crippen molar-refractivity contribution in [2.24, 2.45) is 0 Å². The van der Waals surface area contributed by atoms with Gasteiger partial charge in [-0.1, -0.05) is 15.9 Å². The van der Waals surface area contributed by atoms with Gasteiger partial charge in [-0.3, -0.25) is 0 Å². The minimum absolute atomic E-state index is 0.0206. The van der Waals surface area contributed by atoms with Crippen LogP contribution in [0.25, 0.3) is 0 Å². The number of carbonyl (C=O) groups is 2. The Hall–Kier alpha value is -0.880. The maximum absolute atomic E-state index is 11.1. The Kier molecular flexibility index (Phi) is 3.65. The number of halogens is 2. The van der Waals surface area contributed by atoms with Crippen LogP contribution < -0.4 is 0 Å². The molecule has 4 nitrogen and oxygen atoms in total. The monoisotopic (exact) mass is 322 g/mol. The van der Waals surface area contributed by atoms with Crippen molar-refractivity contribution in [1.29, 1.82) is 0 Å². The van der Waals surface area contributed by atoms with Gasteiger partial charge in [0.1, 0.15) is 0 Å². The first-order valence-electron chi connectivity index (χ1n) is 3.41. The van der Waals surface area contributed by atoms with E-state index >= 15 is 0 Å². The van der Waals surface area contributed by atoms with Gasteiger partial charge >= 0.3 is 11.9 Å². The molecular weight excluding hydrogens is 320 g/mol. The fraction of sp³-hybridized carbons (Fsp3) is 0. The standard InChI is InChI=1S/C8H4Br2O4/c9-6-2-4(7(11)12)1-5(3-6)8(13)14-10/h1-3H,(H,11,12). The molecule has 0 aliphatic carbocycles. The van der Waals surface area contributed by atoms with Crippen molar-refractivity contribution in [2.75, 3.05) is 0 Å². The van der Waals surface area contributed by atoms with Crippen LogP contribution >= 0.6 is 32.2 Å². The average molecular weight is 324 g/mol. The first-order chi connectivity index (χ1) is 6.54. The number of carboxylic acid groups (broad SMARTS) is 1. The smallest absolute Gasteiger partial charge is 0.349 e. The SMILES string of the molecule is O=C(O)c1cc(Br)cc(C(=O)OBr)c1. The molecule has 0 saturated carbocycles. The van der Waals surface area contributed by atoms with Gasteiger partial charge in [-0.2, -0.15) is 0 Å². The highest BCUT2D eigenvalue weighted by atomic mass is 79.9. The summed E-state index contributed by atoms with van der Waals surface area (Å²) in [5.74, 6) is -1.75. The van der Waals surface area contributed by atoms with Crippen molar-refractivity contribution in [3.63, 3.8) is 0 Å². The third-order valence-electron chi connectivity index (χ3n) is 1.45. The Morgan fingerprint density at radius 2 is 1.79 bits per heavy atom. The summed E-state index contributed by atoms with van der Waals surface area (Å²) in [5, 5.41) is 8.70. The lowest BCUT2D eigenvalue weighted by molar-refractivity contribution is 0.0697. The second-order valence-electron chi connectivity index (χ2n) is 2.40. The van der Waals surface area contributed by atoms with Gasteiger partial charge in [0.15, 0.2) is 16.3 Å². The molecule has 0 heterocycles. The van der Waals surface area contributed by atoms with E-state index in [9.17, 15) is 9.59 Å². The molecule has 14 heavy (non-hydrogen) atoms. The highest BCUT2D eigenvalue weighted by Crippen LogP contribution is 2.17. The van der Waals surface area contributed by atoms with Crippen molar-refractivity contribution in [3.8, 4) is 0 Å². The number of carboxylic acids is 1. The average Bonchev–Trinajstić information content (AvgIpc) is 2.15.